The molecule has 0 aliphatic heterocycles. The van der Waals surface area contributed by atoms with Crippen LogP contribution in [-0.2, 0) is 0 Å². The average Bonchev–Trinajstić information content (AvgIpc) is 2.75. The van der Waals surface area contributed by atoms with Gasteiger partial charge in [-0.3, -0.25) is 4.79 Å². The first-order valence-corrected chi connectivity index (χ1v) is 9.14. The summed E-state index contributed by atoms with van der Waals surface area (Å²) >= 11 is 6.04. The van der Waals surface area contributed by atoms with Gasteiger partial charge < -0.3 is 9.84 Å². The molecule has 4 rings (SSSR count). The molecule has 3 aromatic carbocycles. The first-order valence-electron chi connectivity index (χ1n) is 8.76. The van der Waals surface area contributed by atoms with Crippen LogP contribution < -0.4 is 10.3 Å². The van der Waals surface area contributed by atoms with Crippen LogP contribution in [0.3, 0.4) is 0 Å². The minimum absolute atomic E-state index is 0.123. The van der Waals surface area contributed by atoms with Gasteiger partial charge >= 0.3 is 0 Å². The third-order valence-corrected chi connectivity index (χ3v) is 4.67. The van der Waals surface area contributed by atoms with Crippen molar-refractivity contribution >= 4 is 28.7 Å². The quantitative estimate of drug-likeness (QED) is 0.513. The predicted molar refractivity (Wildman–Crippen MR) is 114 cm³/mol. The van der Waals surface area contributed by atoms with Crippen molar-refractivity contribution < 1.29 is 9.84 Å². The maximum Gasteiger partial charge on any atom is 0.282 e. The lowest BCUT2D eigenvalue weighted by Gasteiger charge is -2.10. The van der Waals surface area contributed by atoms with Crippen LogP contribution in [0.4, 0.5) is 0 Å². The highest BCUT2D eigenvalue weighted by atomic mass is 35.5. The maximum atomic E-state index is 13.1. The number of rotatable bonds is 4. The molecule has 0 unspecified atom stereocenters. The van der Waals surface area contributed by atoms with Crippen molar-refractivity contribution in [2.45, 2.75) is 0 Å². The molecule has 6 nitrogen and oxygen atoms in total. The number of methoxy groups -OCH3 is 1. The highest BCUT2D eigenvalue weighted by Crippen LogP contribution is 2.34. The highest BCUT2D eigenvalue weighted by Gasteiger charge is 2.12. The Kier molecular flexibility index (Phi) is 5.01. The zero-order chi connectivity index (χ0) is 20.4. The summed E-state index contributed by atoms with van der Waals surface area (Å²) in [5, 5.41) is 14.9. The van der Waals surface area contributed by atoms with Gasteiger partial charge in [-0.1, -0.05) is 54.1 Å². The van der Waals surface area contributed by atoms with Gasteiger partial charge in [0.1, 0.15) is 0 Å². The van der Waals surface area contributed by atoms with Crippen LogP contribution in [0, 0.1) is 0 Å². The number of aromatic hydroxyl groups is 1. The van der Waals surface area contributed by atoms with Gasteiger partial charge in [-0.15, -0.1) is 0 Å². The molecule has 0 bridgehead atoms. The Labute approximate surface area is 171 Å². The first-order chi connectivity index (χ1) is 14.1. The topological polar surface area (TPSA) is 76.7 Å². The molecule has 0 radical (unpaired) electrons. The van der Waals surface area contributed by atoms with Gasteiger partial charge in [0.05, 0.1) is 29.2 Å². The number of ether oxygens (including phenoxy) is 1. The standard InChI is InChI=1S/C22H16ClN3O3/c1-29-19-12-14(11-17(23)20(19)27)13-24-26-21(15-7-3-2-4-8-15)25-18-10-6-5-9-16(18)22(26)28/h2-13,27H,1H3. The second-order valence-corrected chi connectivity index (χ2v) is 6.64. The fourth-order valence-electron chi connectivity index (χ4n) is 2.95. The molecule has 1 N–H and O–H groups in total. The van der Waals surface area contributed by atoms with E-state index in [1.807, 2.05) is 36.4 Å². The Hall–Kier alpha value is -3.64. The van der Waals surface area contributed by atoms with Gasteiger partial charge in [-0.25, -0.2) is 4.98 Å². The van der Waals surface area contributed by atoms with E-state index in [0.717, 1.165) is 5.56 Å². The summed E-state index contributed by atoms with van der Waals surface area (Å²) in [7, 11) is 1.43. The minimum atomic E-state index is -0.289. The van der Waals surface area contributed by atoms with Gasteiger partial charge in [-0.2, -0.15) is 9.78 Å². The molecule has 0 aliphatic carbocycles. The lowest BCUT2D eigenvalue weighted by Crippen LogP contribution is -2.20. The predicted octanol–water partition coefficient (Wildman–Crippen LogP) is 4.31. The van der Waals surface area contributed by atoms with Crippen LogP contribution in [0.5, 0.6) is 11.5 Å². The molecular weight excluding hydrogens is 390 g/mol. The lowest BCUT2D eigenvalue weighted by atomic mass is 10.2. The van der Waals surface area contributed by atoms with Crippen LogP contribution in [0.2, 0.25) is 5.02 Å². The van der Waals surface area contributed by atoms with Gasteiger partial charge in [-0.05, 0) is 29.8 Å². The van der Waals surface area contributed by atoms with Gasteiger partial charge in [0.25, 0.3) is 5.56 Å². The van der Waals surface area contributed by atoms with E-state index in [-0.39, 0.29) is 22.1 Å². The van der Waals surface area contributed by atoms with Crippen LogP contribution in [0.15, 0.2) is 76.6 Å². The van der Waals surface area contributed by atoms with Gasteiger partial charge in [0, 0.05) is 5.56 Å². The van der Waals surface area contributed by atoms with E-state index in [2.05, 4.69) is 10.1 Å². The number of nitrogens with zero attached hydrogens (tertiary/aromatic N) is 3. The van der Waals surface area contributed by atoms with Crippen LogP contribution in [-0.4, -0.2) is 28.1 Å². The Morgan fingerprint density at radius 1 is 1.10 bits per heavy atom. The van der Waals surface area contributed by atoms with E-state index in [9.17, 15) is 9.90 Å². The molecule has 0 aliphatic rings. The Bertz CT molecular complexity index is 1280. The number of phenolic OH excluding ortho intramolecular Hbond substituents is 1. The number of phenols is 1. The highest BCUT2D eigenvalue weighted by molar-refractivity contribution is 6.32. The van der Waals surface area contributed by atoms with Crippen LogP contribution >= 0.6 is 11.6 Å². The Balaban J connectivity index is 1.91. The molecule has 1 aromatic heterocycles. The first kappa shape index (κ1) is 18.7. The van der Waals surface area contributed by atoms with Crippen molar-refractivity contribution in [1.29, 1.82) is 0 Å². The molecule has 29 heavy (non-hydrogen) atoms. The zero-order valence-corrected chi connectivity index (χ0v) is 16.2. The largest absolute Gasteiger partial charge is 0.503 e. The van der Waals surface area contributed by atoms with E-state index in [0.29, 0.717) is 22.3 Å². The van der Waals surface area contributed by atoms with Gasteiger partial charge in [0.2, 0.25) is 0 Å². The van der Waals surface area contributed by atoms with Crippen LogP contribution in [0.1, 0.15) is 5.56 Å². The van der Waals surface area contributed by atoms with Crippen molar-refractivity contribution in [1.82, 2.24) is 9.66 Å². The summed E-state index contributed by atoms with van der Waals surface area (Å²) in [6, 6.07) is 19.6. The summed E-state index contributed by atoms with van der Waals surface area (Å²) in [4.78, 5) is 17.7. The molecule has 1 heterocycles. The number of aromatic nitrogens is 2. The van der Waals surface area contributed by atoms with Crippen molar-refractivity contribution in [3.63, 3.8) is 0 Å². The number of halogens is 1. The van der Waals surface area contributed by atoms with E-state index >= 15 is 0 Å². The van der Waals surface area contributed by atoms with Crippen molar-refractivity contribution in [2.75, 3.05) is 7.11 Å². The number of hydrogen-bond acceptors (Lipinski definition) is 5. The van der Waals surface area contributed by atoms with Crippen molar-refractivity contribution in [3.8, 4) is 22.9 Å². The van der Waals surface area contributed by atoms with E-state index in [1.54, 1.807) is 24.3 Å². The van der Waals surface area contributed by atoms with Crippen molar-refractivity contribution in [2.24, 2.45) is 5.10 Å². The minimum Gasteiger partial charge on any atom is -0.503 e. The van der Waals surface area contributed by atoms with Crippen LogP contribution in [0.25, 0.3) is 22.3 Å². The fraction of sp³-hybridized carbons (Fsp3) is 0.0455. The molecule has 4 aromatic rings. The summed E-state index contributed by atoms with van der Waals surface area (Å²) in [5.74, 6) is 0.481. The molecule has 144 valence electrons. The number of para-hydroxylation sites is 1. The molecular formula is C22H16ClN3O3. The monoisotopic (exact) mass is 405 g/mol. The molecule has 0 saturated carbocycles. The Morgan fingerprint density at radius 3 is 2.59 bits per heavy atom. The third-order valence-electron chi connectivity index (χ3n) is 4.38. The lowest BCUT2D eigenvalue weighted by molar-refractivity contribution is 0.373. The van der Waals surface area contributed by atoms with E-state index < -0.39 is 0 Å². The normalized spacial score (nSPS) is 11.2. The van der Waals surface area contributed by atoms with E-state index in [1.165, 1.54) is 24.1 Å². The smallest absolute Gasteiger partial charge is 0.282 e. The zero-order valence-electron chi connectivity index (χ0n) is 15.4. The molecule has 0 saturated heterocycles. The average molecular weight is 406 g/mol. The van der Waals surface area contributed by atoms with E-state index in [4.69, 9.17) is 16.3 Å². The molecule has 0 atom stereocenters. The van der Waals surface area contributed by atoms with Crippen molar-refractivity contribution in [3.05, 3.63) is 87.7 Å². The number of fused-ring (bicyclic) bond motifs is 1. The molecule has 0 spiro atoms. The second kappa shape index (κ2) is 7.77. The summed E-state index contributed by atoms with van der Waals surface area (Å²) < 4.78 is 6.37. The third kappa shape index (κ3) is 3.58. The number of benzene rings is 3. The van der Waals surface area contributed by atoms with Gasteiger partial charge in [0.15, 0.2) is 17.3 Å². The summed E-state index contributed by atoms with van der Waals surface area (Å²) in [5.41, 5.74) is 1.62. The fourth-order valence-corrected chi connectivity index (χ4v) is 3.17. The molecule has 0 amide bonds. The second-order valence-electron chi connectivity index (χ2n) is 6.23. The molecule has 7 heteroatoms. The summed E-state index contributed by atoms with van der Waals surface area (Å²) in [6.45, 7) is 0. The maximum absolute atomic E-state index is 13.1. The number of hydrogen-bond donors (Lipinski definition) is 1. The molecule has 0 fully saturated rings. The summed E-state index contributed by atoms with van der Waals surface area (Å²) in [6.07, 6.45) is 1.47. The SMILES string of the molecule is COc1cc(C=Nn2c(-c3ccccc3)nc3ccccc3c2=O)cc(Cl)c1O. The Morgan fingerprint density at radius 2 is 1.83 bits per heavy atom.